The summed E-state index contributed by atoms with van der Waals surface area (Å²) in [5.74, 6) is 0.896. The van der Waals surface area contributed by atoms with E-state index in [1.165, 1.54) is 11.1 Å². The van der Waals surface area contributed by atoms with Gasteiger partial charge in [0.05, 0.1) is 0 Å². The number of thiol groups is 1. The van der Waals surface area contributed by atoms with Gasteiger partial charge in [0.15, 0.2) is 0 Å². The van der Waals surface area contributed by atoms with Crippen LogP contribution in [0.2, 0.25) is 0 Å². The molecule has 1 aromatic rings. The van der Waals surface area contributed by atoms with E-state index in [9.17, 15) is 0 Å². The maximum Gasteiger partial charge on any atom is 0.0346 e. The van der Waals surface area contributed by atoms with Crippen LogP contribution in [0.5, 0.6) is 0 Å². The molecule has 0 fully saturated rings. The molecule has 12 heavy (non-hydrogen) atoms. The summed E-state index contributed by atoms with van der Waals surface area (Å²) in [5.41, 5.74) is 9.25. The number of hydrogen-bond donors (Lipinski definition) is 2. The highest BCUT2D eigenvalue weighted by molar-refractivity contribution is 7.80. The summed E-state index contributed by atoms with van der Waals surface area (Å²) in [7, 11) is 0. The van der Waals surface area contributed by atoms with Crippen LogP contribution in [0.15, 0.2) is 18.2 Å². The molecule has 0 aliphatic heterocycles. The lowest BCUT2D eigenvalue weighted by Gasteiger charge is -2.05. The van der Waals surface area contributed by atoms with Gasteiger partial charge in [0.1, 0.15) is 0 Å². The van der Waals surface area contributed by atoms with E-state index >= 15 is 0 Å². The summed E-state index contributed by atoms with van der Waals surface area (Å²) < 4.78 is 0. The molecule has 1 aromatic carbocycles. The second-order valence-corrected chi connectivity index (χ2v) is 3.31. The summed E-state index contributed by atoms with van der Waals surface area (Å²) in [6.07, 6.45) is 2.03. The Hall–Kier alpha value is -0.630. The third-order valence-corrected chi connectivity index (χ3v) is 2.21. The van der Waals surface area contributed by atoms with Crippen molar-refractivity contribution in [2.24, 2.45) is 0 Å². The molecule has 0 unspecified atom stereocenters. The van der Waals surface area contributed by atoms with Crippen molar-refractivity contribution < 1.29 is 0 Å². The van der Waals surface area contributed by atoms with Crippen LogP contribution < -0.4 is 5.73 Å². The number of benzene rings is 1. The number of hydrogen-bond acceptors (Lipinski definition) is 2. The fourth-order valence-electron chi connectivity index (χ4n) is 1.25. The van der Waals surface area contributed by atoms with Gasteiger partial charge in [-0.2, -0.15) is 12.6 Å². The highest BCUT2D eigenvalue weighted by atomic mass is 32.1. The van der Waals surface area contributed by atoms with Gasteiger partial charge in [-0.3, -0.25) is 0 Å². The third kappa shape index (κ3) is 2.18. The number of nitrogen functional groups attached to an aromatic ring is 1. The van der Waals surface area contributed by atoms with E-state index in [1.807, 2.05) is 6.07 Å². The van der Waals surface area contributed by atoms with Gasteiger partial charge in [-0.1, -0.05) is 19.1 Å². The smallest absolute Gasteiger partial charge is 0.0346 e. The second kappa shape index (κ2) is 4.41. The molecule has 0 aromatic heterocycles. The first kappa shape index (κ1) is 9.46. The predicted octanol–water partition coefficient (Wildman–Crippen LogP) is 2.30. The number of rotatable bonds is 3. The average molecular weight is 181 g/mol. The van der Waals surface area contributed by atoms with Crippen LogP contribution in [0.3, 0.4) is 0 Å². The summed E-state index contributed by atoms with van der Waals surface area (Å²) in [6, 6.07) is 6.23. The van der Waals surface area contributed by atoms with Gasteiger partial charge in [-0.05, 0) is 35.8 Å². The normalized spacial score (nSPS) is 10.2. The van der Waals surface area contributed by atoms with Gasteiger partial charge in [-0.15, -0.1) is 0 Å². The number of aryl methyl sites for hydroxylation is 2. The lowest BCUT2D eigenvalue weighted by molar-refractivity contribution is 1.10. The average Bonchev–Trinajstić information content (AvgIpc) is 2.09. The van der Waals surface area contributed by atoms with Crippen molar-refractivity contribution in [3.8, 4) is 0 Å². The largest absolute Gasteiger partial charge is 0.399 e. The van der Waals surface area contributed by atoms with Crippen molar-refractivity contribution in [3.05, 3.63) is 29.3 Å². The van der Waals surface area contributed by atoms with Gasteiger partial charge < -0.3 is 5.73 Å². The molecule has 2 heteroatoms. The van der Waals surface area contributed by atoms with Crippen LogP contribution in [-0.2, 0) is 12.8 Å². The van der Waals surface area contributed by atoms with E-state index < -0.39 is 0 Å². The maximum atomic E-state index is 5.78. The fraction of sp³-hybridized carbons (Fsp3) is 0.400. The van der Waals surface area contributed by atoms with E-state index in [2.05, 4.69) is 31.7 Å². The minimum Gasteiger partial charge on any atom is -0.399 e. The Morgan fingerprint density at radius 3 is 2.75 bits per heavy atom. The van der Waals surface area contributed by atoms with Crippen LogP contribution in [0, 0.1) is 0 Å². The molecule has 66 valence electrons. The Morgan fingerprint density at radius 2 is 2.17 bits per heavy atom. The Morgan fingerprint density at radius 1 is 1.42 bits per heavy atom. The van der Waals surface area contributed by atoms with Crippen molar-refractivity contribution in [3.63, 3.8) is 0 Å². The third-order valence-electron chi connectivity index (χ3n) is 1.99. The van der Waals surface area contributed by atoms with Gasteiger partial charge in [0.25, 0.3) is 0 Å². The Bertz CT molecular complexity index is 258. The molecule has 2 N–H and O–H groups in total. The lowest BCUT2D eigenvalue weighted by Crippen LogP contribution is -1.95. The van der Waals surface area contributed by atoms with Crippen molar-refractivity contribution in [1.82, 2.24) is 0 Å². The maximum absolute atomic E-state index is 5.78. The topological polar surface area (TPSA) is 26.0 Å². The molecular weight excluding hydrogens is 166 g/mol. The standard InChI is InChI=1S/C10H15NS/c1-2-9-7-8(5-6-12)3-4-10(9)11/h3-4,7,12H,2,5-6,11H2,1H3. The van der Waals surface area contributed by atoms with Crippen LogP contribution in [0.4, 0.5) is 5.69 Å². The zero-order chi connectivity index (χ0) is 8.97. The first-order valence-electron chi connectivity index (χ1n) is 4.26. The van der Waals surface area contributed by atoms with Crippen LogP contribution in [0.1, 0.15) is 18.1 Å². The summed E-state index contributed by atoms with van der Waals surface area (Å²) in [4.78, 5) is 0. The van der Waals surface area contributed by atoms with E-state index in [1.54, 1.807) is 0 Å². The van der Waals surface area contributed by atoms with E-state index in [0.29, 0.717) is 0 Å². The number of nitrogens with two attached hydrogens (primary N) is 1. The van der Waals surface area contributed by atoms with E-state index in [-0.39, 0.29) is 0 Å². The zero-order valence-electron chi connectivity index (χ0n) is 7.38. The molecule has 0 saturated carbocycles. The molecule has 0 aliphatic rings. The molecule has 0 amide bonds. The van der Waals surface area contributed by atoms with Crippen molar-refractivity contribution in [2.75, 3.05) is 11.5 Å². The molecular formula is C10H15NS. The SMILES string of the molecule is CCc1cc(CCS)ccc1N. The number of anilines is 1. The minimum absolute atomic E-state index is 0.896. The van der Waals surface area contributed by atoms with Crippen LogP contribution in [0.25, 0.3) is 0 Å². The van der Waals surface area contributed by atoms with Crippen LogP contribution in [-0.4, -0.2) is 5.75 Å². The summed E-state index contributed by atoms with van der Waals surface area (Å²) in [5, 5.41) is 0. The highest BCUT2D eigenvalue weighted by Gasteiger charge is 1.97. The first-order valence-corrected chi connectivity index (χ1v) is 4.89. The van der Waals surface area contributed by atoms with Gasteiger partial charge in [-0.25, -0.2) is 0 Å². The monoisotopic (exact) mass is 181 g/mol. The molecule has 0 aliphatic carbocycles. The first-order chi connectivity index (χ1) is 5.77. The molecule has 0 atom stereocenters. The predicted molar refractivity (Wildman–Crippen MR) is 57.8 cm³/mol. The van der Waals surface area contributed by atoms with Crippen molar-refractivity contribution in [2.45, 2.75) is 19.8 Å². The lowest BCUT2D eigenvalue weighted by atomic mass is 10.1. The van der Waals surface area contributed by atoms with Crippen molar-refractivity contribution >= 4 is 18.3 Å². The van der Waals surface area contributed by atoms with Gasteiger partial charge in [0.2, 0.25) is 0 Å². The molecule has 1 nitrogen and oxygen atoms in total. The summed E-state index contributed by atoms with van der Waals surface area (Å²) >= 11 is 4.19. The van der Waals surface area contributed by atoms with Crippen molar-refractivity contribution in [1.29, 1.82) is 0 Å². The Labute approximate surface area is 79.4 Å². The Balaban J connectivity index is 2.89. The van der Waals surface area contributed by atoms with Crippen LogP contribution >= 0.6 is 12.6 Å². The molecule has 0 radical (unpaired) electrons. The van der Waals surface area contributed by atoms with E-state index in [0.717, 1.165) is 24.3 Å². The quantitative estimate of drug-likeness (QED) is 0.543. The molecule has 0 spiro atoms. The highest BCUT2D eigenvalue weighted by Crippen LogP contribution is 2.15. The summed E-state index contributed by atoms with van der Waals surface area (Å²) in [6.45, 7) is 2.12. The van der Waals surface area contributed by atoms with Gasteiger partial charge in [0, 0.05) is 5.69 Å². The molecule has 0 bridgehead atoms. The minimum atomic E-state index is 0.896. The molecule has 1 rings (SSSR count). The van der Waals surface area contributed by atoms with E-state index in [4.69, 9.17) is 5.73 Å². The fourth-order valence-corrected chi connectivity index (χ4v) is 1.51. The zero-order valence-corrected chi connectivity index (χ0v) is 8.27. The molecule has 0 heterocycles. The Kier molecular flexibility index (Phi) is 3.48. The van der Waals surface area contributed by atoms with Gasteiger partial charge >= 0.3 is 0 Å². The second-order valence-electron chi connectivity index (χ2n) is 2.86. The molecule has 0 saturated heterocycles.